The van der Waals surface area contributed by atoms with Crippen molar-refractivity contribution in [2.45, 2.75) is 25.8 Å². The van der Waals surface area contributed by atoms with Crippen molar-refractivity contribution in [2.24, 2.45) is 0 Å². The lowest BCUT2D eigenvalue weighted by Crippen LogP contribution is -2.37. The molecule has 0 aliphatic carbocycles. The van der Waals surface area contributed by atoms with Gasteiger partial charge >= 0.3 is 0 Å². The predicted molar refractivity (Wildman–Crippen MR) is 78.3 cm³/mol. The third-order valence-corrected chi connectivity index (χ3v) is 3.35. The van der Waals surface area contributed by atoms with Gasteiger partial charge in [0.05, 0.1) is 0 Å². The van der Waals surface area contributed by atoms with Gasteiger partial charge in [-0.05, 0) is 56.3 Å². The average Bonchev–Trinajstić information content (AvgIpc) is 2.46. The van der Waals surface area contributed by atoms with E-state index >= 15 is 0 Å². The van der Waals surface area contributed by atoms with Crippen LogP contribution in [0, 0.1) is 0 Å². The Hall–Kier alpha value is -1.54. The van der Waals surface area contributed by atoms with Crippen molar-refractivity contribution in [3.63, 3.8) is 0 Å². The van der Waals surface area contributed by atoms with Crippen LogP contribution >= 0.6 is 0 Å². The fourth-order valence-corrected chi connectivity index (χ4v) is 2.25. The molecule has 2 rings (SSSR count). The Balaban J connectivity index is 1.90. The van der Waals surface area contributed by atoms with E-state index in [1.807, 2.05) is 6.07 Å². The van der Waals surface area contributed by atoms with Crippen LogP contribution in [0.4, 0.5) is 0 Å². The minimum Gasteiger partial charge on any atom is -0.388 e. The molecule has 0 amide bonds. The van der Waals surface area contributed by atoms with Crippen LogP contribution in [0.1, 0.15) is 25.3 Å². The van der Waals surface area contributed by atoms with Crippen LogP contribution in [0.2, 0.25) is 0 Å². The fourth-order valence-electron chi connectivity index (χ4n) is 2.25. The van der Waals surface area contributed by atoms with Crippen LogP contribution in [0.25, 0.3) is 5.57 Å². The molecule has 1 aromatic carbocycles. The molecule has 96 valence electrons. The summed E-state index contributed by atoms with van der Waals surface area (Å²) in [7, 11) is 0. The lowest BCUT2D eigenvalue weighted by Gasteiger charge is -2.22. The van der Waals surface area contributed by atoms with Crippen molar-refractivity contribution in [1.29, 1.82) is 0 Å². The molecule has 1 fully saturated rings. The Labute approximate surface area is 110 Å². The van der Waals surface area contributed by atoms with Gasteiger partial charge in [0.2, 0.25) is 0 Å². The van der Waals surface area contributed by atoms with E-state index < -0.39 is 0 Å². The van der Waals surface area contributed by atoms with Gasteiger partial charge < -0.3 is 10.6 Å². The van der Waals surface area contributed by atoms with Crippen molar-refractivity contribution in [2.75, 3.05) is 13.1 Å². The number of hydrogen-bond acceptors (Lipinski definition) is 2. The van der Waals surface area contributed by atoms with Crippen molar-refractivity contribution in [3.05, 3.63) is 54.2 Å². The van der Waals surface area contributed by atoms with Gasteiger partial charge in [0, 0.05) is 6.04 Å². The van der Waals surface area contributed by atoms with Gasteiger partial charge in [-0.2, -0.15) is 0 Å². The molecule has 0 bridgehead atoms. The van der Waals surface area contributed by atoms with E-state index in [1.54, 1.807) is 0 Å². The SMILES string of the molecule is C/C=C(/C=C\NC1CCNCC1)c1ccccc1. The van der Waals surface area contributed by atoms with Gasteiger partial charge in [-0.1, -0.05) is 36.4 Å². The van der Waals surface area contributed by atoms with E-state index in [0.29, 0.717) is 6.04 Å². The third-order valence-electron chi connectivity index (χ3n) is 3.35. The molecule has 1 aliphatic rings. The molecule has 0 atom stereocenters. The molecule has 0 unspecified atom stereocenters. The summed E-state index contributed by atoms with van der Waals surface area (Å²) in [5, 5.41) is 6.87. The van der Waals surface area contributed by atoms with E-state index in [1.165, 1.54) is 24.0 Å². The molecule has 1 aliphatic heterocycles. The zero-order chi connectivity index (χ0) is 12.6. The minimum absolute atomic E-state index is 0.622. The molecule has 0 radical (unpaired) electrons. The Kier molecular flexibility index (Phi) is 5.03. The van der Waals surface area contributed by atoms with E-state index in [4.69, 9.17) is 0 Å². The second-order valence-electron chi connectivity index (χ2n) is 4.63. The number of rotatable bonds is 4. The van der Waals surface area contributed by atoms with E-state index in [9.17, 15) is 0 Å². The Bertz CT molecular complexity index is 400. The largest absolute Gasteiger partial charge is 0.388 e. The standard InChI is InChI=1S/C16H22N2/c1-2-14(15-6-4-3-5-7-15)8-13-18-16-9-11-17-12-10-16/h2-8,13,16-18H,9-12H2,1H3/b13-8-,14-2-. The highest BCUT2D eigenvalue weighted by atomic mass is 14.9. The van der Waals surface area contributed by atoms with Crippen LogP contribution in [-0.2, 0) is 0 Å². The Morgan fingerprint density at radius 1 is 1.22 bits per heavy atom. The quantitative estimate of drug-likeness (QED) is 0.793. The fraction of sp³-hybridized carbons (Fsp3) is 0.375. The van der Waals surface area contributed by atoms with E-state index in [-0.39, 0.29) is 0 Å². The minimum atomic E-state index is 0.622. The lowest BCUT2D eigenvalue weighted by molar-refractivity contribution is 0.420. The Morgan fingerprint density at radius 2 is 1.94 bits per heavy atom. The van der Waals surface area contributed by atoms with Crippen molar-refractivity contribution in [1.82, 2.24) is 10.6 Å². The second kappa shape index (κ2) is 7.02. The van der Waals surface area contributed by atoms with Gasteiger partial charge in [-0.3, -0.25) is 0 Å². The smallest absolute Gasteiger partial charge is 0.0279 e. The topological polar surface area (TPSA) is 24.1 Å². The maximum Gasteiger partial charge on any atom is 0.0279 e. The summed E-state index contributed by atoms with van der Waals surface area (Å²) in [6.07, 6.45) is 8.83. The zero-order valence-electron chi connectivity index (χ0n) is 11.0. The van der Waals surface area contributed by atoms with Crippen LogP contribution in [-0.4, -0.2) is 19.1 Å². The summed E-state index contributed by atoms with van der Waals surface area (Å²) < 4.78 is 0. The van der Waals surface area contributed by atoms with Crippen molar-refractivity contribution in [3.8, 4) is 0 Å². The highest BCUT2D eigenvalue weighted by molar-refractivity contribution is 5.73. The molecule has 2 heteroatoms. The number of allylic oxidation sites excluding steroid dienone is 3. The monoisotopic (exact) mass is 242 g/mol. The molecule has 2 N–H and O–H groups in total. The first-order valence-electron chi connectivity index (χ1n) is 6.75. The molecular weight excluding hydrogens is 220 g/mol. The highest BCUT2D eigenvalue weighted by Gasteiger charge is 2.09. The number of hydrogen-bond donors (Lipinski definition) is 2. The second-order valence-corrected chi connectivity index (χ2v) is 4.63. The molecule has 0 saturated carbocycles. The molecule has 1 aromatic rings. The highest BCUT2D eigenvalue weighted by Crippen LogP contribution is 2.14. The first kappa shape index (κ1) is 12.9. The first-order chi connectivity index (χ1) is 8.90. The molecule has 0 aromatic heterocycles. The van der Waals surface area contributed by atoms with Gasteiger partial charge in [0.15, 0.2) is 0 Å². The van der Waals surface area contributed by atoms with Crippen LogP contribution in [0.3, 0.4) is 0 Å². The van der Waals surface area contributed by atoms with Gasteiger partial charge in [-0.25, -0.2) is 0 Å². The molecule has 1 saturated heterocycles. The average molecular weight is 242 g/mol. The molecule has 1 heterocycles. The molecule has 18 heavy (non-hydrogen) atoms. The van der Waals surface area contributed by atoms with E-state index in [2.05, 4.69) is 60.2 Å². The van der Waals surface area contributed by atoms with E-state index in [0.717, 1.165) is 13.1 Å². The molecule has 2 nitrogen and oxygen atoms in total. The first-order valence-corrected chi connectivity index (χ1v) is 6.75. The van der Waals surface area contributed by atoms with Crippen molar-refractivity contribution >= 4 is 5.57 Å². The summed E-state index contributed by atoms with van der Waals surface area (Å²) in [4.78, 5) is 0. The molecule has 0 spiro atoms. The predicted octanol–water partition coefficient (Wildman–Crippen LogP) is 2.95. The number of benzene rings is 1. The number of piperidine rings is 1. The normalized spacial score (nSPS) is 18.2. The van der Waals surface area contributed by atoms with Crippen LogP contribution in [0.5, 0.6) is 0 Å². The Morgan fingerprint density at radius 3 is 2.61 bits per heavy atom. The lowest BCUT2D eigenvalue weighted by atomic mass is 10.1. The van der Waals surface area contributed by atoms with Crippen LogP contribution < -0.4 is 10.6 Å². The zero-order valence-corrected chi connectivity index (χ0v) is 11.0. The van der Waals surface area contributed by atoms with Gasteiger partial charge in [0.25, 0.3) is 0 Å². The summed E-state index contributed by atoms with van der Waals surface area (Å²) in [6.45, 7) is 4.33. The summed E-state index contributed by atoms with van der Waals surface area (Å²) in [5.74, 6) is 0. The van der Waals surface area contributed by atoms with Crippen molar-refractivity contribution < 1.29 is 0 Å². The summed E-state index contributed by atoms with van der Waals surface area (Å²) in [5.41, 5.74) is 2.53. The third kappa shape index (κ3) is 3.74. The van der Waals surface area contributed by atoms with Crippen LogP contribution in [0.15, 0.2) is 48.7 Å². The summed E-state index contributed by atoms with van der Waals surface area (Å²) >= 11 is 0. The maximum absolute atomic E-state index is 3.49. The van der Waals surface area contributed by atoms with Gasteiger partial charge in [0.1, 0.15) is 0 Å². The maximum atomic E-state index is 3.49. The number of nitrogens with one attached hydrogen (secondary N) is 2. The van der Waals surface area contributed by atoms with Gasteiger partial charge in [-0.15, -0.1) is 0 Å². The molecular formula is C16H22N2. The summed E-state index contributed by atoms with van der Waals surface area (Å²) in [6, 6.07) is 11.1.